The average molecular weight is 707 g/mol. The Hall–Kier alpha value is -5.60. The van der Waals surface area contributed by atoms with Crippen molar-refractivity contribution in [3.63, 3.8) is 0 Å². The first-order valence-electron chi connectivity index (χ1n) is 19.5. The lowest BCUT2D eigenvalue weighted by molar-refractivity contribution is 0.626. The maximum Gasteiger partial charge on any atom is 0.0543 e. The van der Waals surface area contributed by atoms with Gasteiger partial charge in [-0.2, -0.15) is 0 Å². The van der Waals surface area contributed by atoms with E-state index in [1.807, 2.05) is 6.08 Å². The largest absolute Gasteiger partial charge is 0.344 e. The van der Waals surface area contributed by atoms with Crippen LogP contribution >= 0.6 is 0 Å². The molecule has 1 aliphatic rings. The van der Waals surface area contributed by atoms with Crippen molar-refractivity contribution in [1.82, 2.24) is 4.57 Å². The lowest BCUT2D eigenvalue weighted by Crippen LogP contribution is -2.17. The highest BCUT2D eigenvalue weighted by atomic mass is 15.1. The van der Waals surface area contributed by atoms with Crippen molar-refractivity contribution in [3.05, 3.63) is 168 Å². The molecule has 0 unspecified atom stereocenters. The molecule has 1 aliphatic carbocycles. The molecule has 0 spiro atoms. The Balaban J connectivity index is 0.000000846. The number of rotatable bonds is 7. The predicted octanol–water partition coefficient (Wildman–Crippen LogP) is 15.2. The normalized spacial score (nSPS) is 13.6. The molecule has 0 aliphatic heterocycles. The summed E-state index contributed by atoms with van der Waals surface area (Å²) in [5.41, 5.74) is 16.0. The van der Waals surface area contributed by atoms with Crippen LogP contribution < -0.4 is 4.90 Å². The minimum Gasteiger partial charge on any atom is -0.344 e. The van der Waals surface area contributed by atoms with Crippen LogP contribution in [-0.2, 0) is 12.5 Å². The number of fused-ring (bicyclic) bond motifs is 8. The maximum absolute atomic E-state index is 4.18. The number of aryl methyl sites for hydroxylation is 2. The number of para-hydroxylation sites is 1. The van der Waals surface area contributed by atoms with E-state index in [1.165, 1.54) is 83.6 Å². The van der Waals surface area contributed by atoms with Crippen molar-refractivity contribution in [1.29, 1.82) is 0 Å². The van der Waals surface area contributed by atoms with Crippen LogP contribution in [-0.4, -0.2) is 4.57 Å². The second-order valence-electron chi connectivity index (χ2n) is 15.7. The third kappa shape index (κ3) is 6.18. The Morgan fingerprint density at radius 2 is 1.37 bits per heavy atom. The van der Waals surface area contributed by atoms with Crippen LogP contribution in [0, 0.1) is 12.8 Å². The van der Waals surface area contributed by atoms with E-state index in [9.17, 15) is 0 Å². The number of allylic oxidation sites excluding steroid dienone is 5. The molecule has 2 heteroatoms. The summed E-state index contributed by atoms with van der Waals surface area (Å²) < 4.78 is 2.33. The van der Waals surface area contributed by atoms with Crippen molar-refractivity contribution in [2.75, 3.05) is 4.90 Å². The highest BCUT2D eigenvalue weighted by Gasteiger charge is 2.37. The van der Waals surface area contributed by atoms with Crippen molar-refractivity contribution in [2.45, 2.75) is 67.2 Å². The molecule has 0 fully saturated rings. The topological polar surface area (TPSA) is 8.17 Å². The van der Waals surface area contributed by atoms with Crippen molar-refractivity contribution in [3.8, 4) is 11.1 Å². The van der Waals surface area contributed by atoms with Gasteiger partial charge in [0.2, 0.25) is 0 Å². The molecule has 7 aromatic rings. The first kappa shape index (κ1) is 36.7. The zero-order chi connectivity index (χ0) is 38.3. The van der Waals surface area contributed by atoms with Gasteiger partial charge in [-0.05, 0) is 113 Å². The Morgan fingerprint density at radius 3 is 2.06 bits per heavy atom. The number of benzene rings is 6. The fourth-order valence-corrected chi connectivity index (χ4v) is 8.34. The fourth-order valence-electron chi connectivity index (χ4n) is 8.34. The zero-order valence-corrected chi connectivity index (χ0v) is 33.6. The van der Waals surface area contributed by atoms with Crippen molar-refractivity contribution in [2.24, 2.45) is 13.0 Å². The molecule has 0 radical (unpaired) electrons. The SMILES string of the molecule is C=C/C(=C(C)\C=C/C)c1ccc(N(c2ccc3c4ccccc4n(C)c3c2)c2cc3c(c4ccccc24)-c2ccccc2C3(C)C)cc1C.CCC(C)C. The van der Waals surface area contributed by atoms with Gasteiger partial charge in [0.05, 0.1) is 11.2 Å². The maximum atomic E-state index is 4.18. The predicted molar refractivity (Wildman–Crippen MR) is 238 cm³/mol. The molecule has 54 heavy (non-hydrogen) atoms. The van der Waals surface area contributed by atoms with E-state index in [4.69, 9.17) is 0 Å². The Labute approximate surface area is 322 Å². The zero-order valence-electron chi connectivity index (χ0n) is 33.6. The van der Waals surface area contributed by atoms with Gasteiger partial charge in [0.25, 0.3) is 0 Å². The Bertz CT molecular complexity index is 2600. The summed E-state index contributed by atoms with van der Waals surface area (Å²) in [6.45, 7) is 22.0. The van der Waals surface area contributed by atoms with E-state index >= 15 is 0 Å². The van der Waals surface area contributed by atoms with Gasteiger partial charge in [0.1, 0.15) is 0 Å². The number of anilines is 3. The number of hydrogen-bond donors (Lipinski definition) is 0. The van der Waals surface area contributed by atoms with Gasteiger partial charge in [0.15, 0.2) is 0 Å². The summed E-state index contributed by atoms with van der Waals surface area (Å²) in [6.07, 6.45) is 7.54. The molecule has 2 nitrogen and oxygen atoms in total. The van der Waals surface area contributed by atoms with E-state index in [-0.39, 0.29) is 5.41 Å². The lowest BCUT2D eigenvalue weighted by atomic mass is 9.81. The Morgan fingerprint density at radius 1 is 0.759 bits per heavy atom. The fraction of sp³-hybridized carbons (Fsp3) is 0.231. The second kappa shape index (κ2) is 14.7. The van der Waals surface area contributed by atoms with Crippen LogP contribution in [0.15, 0.2) is 146 Å². The molecule has 0 N–H and O–H groups in total. The molecule has 0 atom stereocenters. The minimum absolute atomic E-state index is 0.135. The van der Waals surface area contributed by atoms with Gasteiger partial charge in [-0.3, -0.25) is 0 Å². The van der Waals surface area contributed by atoms with E-state index in [1.54, 1.807) is 0 Å². The van der Waals surface area contributed by atoms with Crippen LogP contribution in [0.5, 0.6) is 0 Å². The van der Waals surface area contributed by atoms with Crippen molar-refractivity contribution >= 4 is 55.2 Å². The number of hydrogen-bond acceptors (Lipinski definition) is 1. The average Bonchev–Trinajstić information content (AvgIpc) is 3.59. The molecule has 0 bridgehead atoms. The molecule has 6 aromatic carbocycles. The summed E-state index contributed by atoms with van der Waals surface area (Å²) in [6, 6.07) is 42.9. The smallest absolute Gasteiger partial charge is 0.0543 e. The molecule has 1 heterocycles. The molecule has 0 saturated heterocycles. The highest BCUT2D eigenvalue weighted by Crippen LogP contribution is 2.54. The van der Waals surface area contributed by atoms with Crippen LogP contribution in [0.2, 0.25) is 0 Å². The number of nitrogens with zero attached hydrogens (tertiary/aromatic N) is 2. The number of aromatic nitrogens is 1. The van der Waals surface area contributed by atoms with E-state index in [0.29, 0.717) is 0 Å². The van der Waals surface area contributed by atoms with Gasteiger partial charge >= 0.3 is 0 Å². The standard InChI is InChI=1S/C47H42N2.C5H12/c1-8-16-30(3)34(9-2)35-25-23-32(27-31(35)4)49(33-24-26-38-36-17-13-15-22-43(36)48(7)44(38)28-33)45-29-42-46(39-19-11-10-18-37(39)45)40-20-12-14-21-41(40)47(42,5)6;1-4-5(2)3/h8-29H,2H2,1,3-7H3;5H,4H2,1-3H3/b16-8-,34-30+;. The molecule has 0 saturated carbocycles. The van der Waals surface area contributed by atoms with Crippen molar-refractivity contribution < 1.29 is 0 Å². The molecular weight excluding hydrogens is 653 g/mol. The van der Waals surface area contributed by atoms with E-state index < -0.39 is 0 Å². The summed E-state index contributed by atoms with van der Waals surface area (Å²) in [4.78, 5) is 2.48. The monoisotopic (exact) mass is 706 g/mol. The van der Waals surface area contributed by atoms with Crippen LogP contribution in [0.4, 0.5) is 17.1 Å². The summed E-state index contributed by atoms with van der Waals surface area (Å²) in [7, 11) is 2.18. The first-order chi connectivity index (χ1) is 26.0. The minimum atomic E-state index is -0.135. The summed E-state index contributed by atoms with van der Waals surface area (Å²) >= 11 is 0. The van der Waals surface area contributed by atoms with Gasteiger partial charge in [-0.25, -0.2) is 0 Å². The van der Waals surface area contributed by atoms with Gasteiger partial charge in [-0.1, -0.05) is 145 Å². The first-order valence-corrected chi connectivity index (χ1v) is 19.5. The molecule has 0 amide bonds. The van der Waals surface area contributed by atoms with E-state index in [2.05, 4.69) is 206 Å². The third-order valence-corrected chi connectivity index (χ3v) is 11.6. The van der Waals surface area contributed by atoms with Crippen LogP contribution in [0.1, 0.15) is 77.1 Å². The lowest BCUT2D eigenvalue weighted by Gasteiger charge is -2.30. The van der Waals surface area contributed by atoms with Gasteiger partial charge < -0.3 is 9.47 Å². The van der Waals surface area contributed by atoms with Gasteiger partial charge in [-0.15, -0.1) is 0 Å². The van der Waals surface area contributed by atoms with Crippen LogP contribution in [0.25, 0.3) is 49.3 Å². The van der Waals surface area contributed by atoms with Crippen LogP contribution in [0.3, 0.4) is 0 Å². The second-order valence-corrected chi connectivity index (χ2v) is 15.7. The highest BCUT2D eigenvalue weighted by molar-refractivity contribution is 6.12. The van der Waals surface area contributed by atoms with E-state index in [0.717, 1.165) is 22.9 Å². The third-order valence-electron chi connectivity index (χ3n) is 11.6. The van der Waals surface area contributed by atoms with Gasteiger partial charge in [0, 0.05) is 45.5 Å². The molecule has 1 aromatic heterocycles. The molecule has 272 valence electrons. The molecular formula is C52H54N2. The summed E-state index contributed by atoms with van der Waals surface area (Å²) in [5.74, 6) is 0.884. The Kier molecular flexibility index (Phi) is 9.98. The quantitative estimate of drug-likeness (QED) is 0.150. The summed E-state index contributed by atoms with van der Waals surface area (Å²) in [5, 5.41) is 5.07. The molecule has 8 rings (SSSR count).